The predicted molar refractivity (Wildman–Crippen MR) is 83.5 cm³/mol. The van der Waals surface area contributed by atoms with Gasteiger partial charge in [0.2, 0.25) is 0 Å². The van der Waals surface area contributed by atoms with Crippen molar-refractivity contribution in [2.45, 2.75) is 38.7 Å². The molecule has 1 aliphatic rings. The van der Waals surface area contributed by atoms with Crippen LogP contribution in [0.15, 0.2) is 18.2 Å². The molecule has 0 unspecified atom stereocenters. The molecule has 1 fully saturated rings. The summed E-state index contributed by atoms with van der Waals surface area (Å²) in [6, 6.07) is 5.29. The van der Waals surface area contributed by atoms with Gasteiger partial charge in [-0.15, -0.1) is 0 Å². The Hall–Kier alpha value is -1.75. The van der Waals surface area contributed by atoms with Crippen LogP contribution in [0.4, 0.5) is 11.4 Å². The minimum Gasteiger partial charge on any atom is -0.462 e. The quantitative estimate of drug-likeness (QED) is 0.459. The van der Waals surface area contributed by atoms with E-state index in [-0.39, 0.29) is 5.97 Å². The Morgan fingerprint density at radius 3 is 2.86 bits per heavy atom. The molecule has 0 radical (unpaired) electrons. The number of esters is 1. The topological polar surface area (TPSA) is 73.6 Å². The Bertz CT molecular complexity index is 471. The molecular formula is C16H24N2O3. The van der Waals surface area contributed by atoms with Crippen LogP contribution in [-0.2, 0) is 9.47 Å². The first kappa shape index (κ1) is 15.6. The van der Waals surface area contributed by atoms with Crippen LogP contribution in [0.3, 0.4) is 0 Å². The fourth-order valence-corrected chi connectivity index (χ4v) is 2.53. The molecular weight excluding hydrogens is 268 g/mol. The fourth-order valence-electron chi connectivity index (χ4n) is 2.53. The van der Waals surface area contributed by atoms with Crippen LogP contribution >= 0.6 is 0 Å². The lowest BCUT2D eigenvalue weighted by atomic mass is 10.1. The van der Waals surface area contributed by atoms with Crippen LogP contribution in [0.25, 0.3) is 0 Å². The third-order valence-electron chi connectivity index (χ3n) is 3.64. The van der Waals surface area contributed by atoms with Gasteiger partial charge in [0, 0.05) is 17.9 Å². The average molecular weight is 292 g/mol. The number of anilines is 2. The Balaban J connectivity index is 1.82. The molecule has 1 aliphatic carbocycles. The van der Waals surface area contributed by atoms with Gasteiger partial charge in [0.15, 0.2) is 0 Å². The standard InChI is InChI=1S/C16H24N2O3/c1-2-20-16(19)14-11-12(7-8-15(14)17)18-9-10-21-13-5-3-4-6-13/h7-8,11,13,18H,2-6,9-10,17H2,1H3. The van der Waals surface area contributed by atoms with Crippen molar-refractivity contribution in [2.24, 2.45) is 0 Å². The van der Waals surface area contributed by atoms with Gasteiger partial charge < -0.3 is 20.5 Å². The maximum Gasteiger partial charge on any atom is 0.340 e. The maximum atomic E-state index is 11.8. The molecule has 0 saturated heterocycles. The molecule has 0 amide bonds. The van der Waals surface area contributed by atoms with E-state index in [2.05, 4.69) is 5.32 Å². The molecule has 1 saturated carbocycles. The van der Waals surface area contributed by atoms with E-state index in [9.17, 15) is 4.79 Å². The molecule has 0 atom stereocenters. The highest BCUT2D eigenvalue weighted by Crippen LogP contribution is 2.21. The van der Waals surface area contributed by atoms with Crippen molar-refractivity contribution in [3.8, 4) is 0 Å². The highest BCUT2D eigenvalue weighted by Gasteiger charge is 2.15. The summed E-state index contributed by atoms with van der Waals surface area (Å²) in [5.74, 6) is -0.388. The molecule has 2 rings (SSSR count). The van der Waals surface area contributed by atoms with Crippen molar-refractivity contribution >= 4 is 17.3 Å². The van der Waals surface area contributed by atoms with Gasteiger partial charge in [-0.1, -0.05) is 12.8 Å². The number of carbonyl (C=O) groups excluding carboxylic acids is 1. The Morgan fingerprint density at radius 1 is 1.38 bits per heavy atom. The van der Waals surface area contributed by atoms with Crippen LogP contribution in [0.1, 0.15) is 43.0 Å². The van der Waals surface area contributed by atoms with Crippen LogP contribution in [0, 0.1) is 0 Å². The van der Waals surface area contributed by atoms with Gasteiger partial charge in [-0.25, -0.2) is 4.79 Å². The zero-order chi connectivity index (χ0) is 15.1. The van der Waals surface area contributed by atoms with Gasteiger partial charge in [-0.05, 0) is 38.0 Å². The molecule has 0 aromatic heterocycles. The number of benzene rings is 1. The summed E-state index contributed by atoms with van der Waals surface area (Å²) in [6.45, 7) is 3.49. The van der Waals surface area contributed by atoms with Gasteiger partial charge in [0.1, 0.15) is 0 Å². The van der Waals surface area contributed by atoms with E-state index in [0.717, 1.165) is 5.69 Å². The first-order chi connectivity index (χ1) is 10.2. The molecule has 116 valence electrons. The normalized spacial score (nSPS) is 15.1. The molecule has 0 spiro atoms. The first-order valence-corrected chi connectivity index (χ1v) is 7.63. The van der Waals surface area contributed by atoms with Crippen molar-refractivity contribution < 1.29 is 14.3 Å². The second-order valence-electron chi connectivity index (χ2n) is 5.23. The number of hydrogen-bond donors (Lipinski definition) is 2. The number of hydrogen-bond acceptors (Lipinski definition) is 5. The summed E-state index contributed by atoms with van der Waals surface area (Å²) in [4.78, 5) is 11.8. The number of nitrogens with two attached hydrogens (primary N) is 1. The van der Waals surface area contributed by atoms with E-state index in [1.54, 1.807) is 19.1 Å². The van der Waals surface area contributed by atoms with E-state index in [1.165, 1.54) is 25.7 Å². The number of ether oxygens (including phenoxy) is 2. The second-order valence-corrected chi connectivity index (χ2v) is 5.23. The first-order valence-electron chi connectivity index (χ1n) is 7.63. The third kappa shape index (κ3) is 4.63. The summed E-state index contributed by atoms with van der Waals surface area (Å²) < 4.78 is 10.8. The Kier molecular flexibility index (Phi) is 5.87. The molecule has 0 aliphatic heterocycles. The van der Waals surface area contributed by atoms with Crippen molar-refractivity contribution in [1.82, 2.24) is 0 Å². The Labute approximate surface area is 125 Å². The van der Waals surface area contributed by atoms with Crippen LogP contribution in [0.5, 0.6) is 0 Å². The summed E-state index contributed by atoms with van der Waals surface area (Å²) in [5, 5.41) is 3.24. The van der Waals surface area contributed by atoms with Crippen LogP contribution < -0.4 is 11.1 Å². The fraction of sp³-hybridized carbons (Fsp3) is 0.562. The predicted octanol–water partition coefficient (Wildman–Crippen LogP) is 2.82. The van der Waals surface area contributed by atoms with Gasteiger partial charge in [-0.2, -0.15) is 0 Å². The summed E-state index contributed by atoms with van der Waals surface area (Å²) in [6.07, 6.45) is 5.33. The van der Waals surface area contributed by atoms with Gasteiger partial charge >= 0.3 is 5.97 Å². The molecule has 5 nitrogen and oxygen atoms in total. The van der Waals surface area contributed by atoms with E-state index in [1.807, 2.05) is 6.07 Å². The monoisotopic (exact) mass is 292 g/mol. The van der Waals surface area contributed by atoms with Gasteiger partial charge in [0.05, 0.1) is 24.9 Å². The molecule has 1 aromatic rings. The zero-order valence-electron chi connectivity index (χ0n) is 12.6. The Morgan fingerprint density at radius 2 is 2.14 bits per heavy atom. The number of carbonyl (C=O) groups is 1. The largest absolute Gasteiger partial charge is 0.462 e. The summed E-state index contributed by atoms with van der Waals surface area (Å²) >= 11 is 0. The lowest BCUT2D eigenvalue weighted by molar-refractivity contribution is 0.0527. The minimum absolute atomic E-state index is 0.338. The van der Waals surface area contributed by atoms with Crippen LogP contribution in [-0.4, -0.2) is 31.8 Å². The van der Waals surface area contributed by atoms with E-state index >= 15 is 0 Å². The molecule has 0 heterocycles. The summed E-state index contributed by atoms with van der Waals surface area (Å²) in [7, 11) is 0. The van der Waals surface area contributed by atoms with Crippen molar-refractivity contribution in [1.29, 1.82) is 0 Å². The number of nitrogen functional groups attached to an aromatic ring is 1. The van der Waals surface area contributed by atoms with E-state index in [4.69, 9.17) is 15.2 Å². The molecule has 21 heavy (non-hydrogen) atoms. The SMILES string of the molecule is CCOC(=O)c1cc(NCCOC2CCCC2)ccc1N. The lowest BCUT2D eigenvalue weighted by Gasteiger charge is -2.13. The molecule has 1 aromatic carbocycles. The highest BCUT2D eigenvalue weighted by atomic mass is 16.5. The second kappa shape index (κ2) is 7.88. The van der Waals surface area contributed by atoms with E-state index in [0.29, 0.717) is 37.1 Å². The van der Waals surface area contributed by atoms with Crippen LogP contribution in [0.2, 0.25) is 0 Å². The molecule has 0 bridgehead atoms. The average Bonchev–Trinajstić information content (AvgIpc) is 2.98. The van der Waals surface area contributed by atoms with E-state index < -0.39 is 0 Å². The smallest absolute Gasteiger partial charge is 0.340 e. The highest BCUT2D eigenvalue weighted by molar-refractivity contribution is 5.96. The minimum atomic E-state index is -0.388. The molecule has 3 N–H and O–H groups in total. The molecule has 5 heteroatoms. The lowest BCUT2D eigenvalue weighted by Crippen LogP contribution is -2.16. The van der Waals surface area contributed by atoms with Gasteiger partial charge in [-0.3, -0.25) is 0 Å². The zero-order valence-corrected chi connectivity index (χ0v) is 12.6. The number of rotatable bonds is 7. The van der Waals surface area contributed by atoms with Crippen molar-refractivity contribution in [3.05, 3.63) is 23.8 Å². The van der Waals surface area contributed by atoms with Gasteiger partial charge in [0.25, 0.3) is 0 Å². The van der Waals surface area contributed by atoms with Crippen molar-refractivity contribution in [3.63, 3.8) is 0 Å². The van der Waals surface area contributed by atoms with Crippen molar-refractivity contribution in [2.75, 3.05) is 30.8 Å². The third-order valence-corrected chi connectivity index (χ3v) is 3.64. The summed E-state index contributed by atoms with van der Waals surface area (Å²) in [5.41, 5.74) is 7.49. The number of nitrogens with one attached hydrogen (secondary N) is 1. The maximum absolute atomic E-state index is 11.8.